The van der Waals surface area contributed by atoms with Crippen LogP contribution in [0.1, 0.15) is 118 Å². The van der Waals surface area contributed by atoms with Gasteiger partial charge in [-0.3, -0.25) is 0 Å². The highest BCUT2D eigenvalue weighted by atomic mass is 16.5. The summed E-state index contributed by atoms with van der Waals surface area (Å²) in [6.45, 7) is 14.5. The predicted molar refractivity (Wildman–Crippen MR) is 125 cm³/mol. The highest BCUT2D eigenvalue weighted by Gasteiger charge is 2.10. The third-order valence-electron chi connectivity index (χ3n) is 5.28. The van der Waals surface area contributed by atoms with Crippen molar-refractivity contribution in [2.24, 2.45) is 0 Å². The molecule has 0 aliphatic rings. The lowest BCUT2D eigenvalue weighted by Gasteiger charge is -2.13. The number of hydrogen-bond acceptors (Lipinski definition) is 4. The molecule has 2 atom stereocenters. The molecule has 4 nitrogen and oxygen atoms in total. The lowest BCUT2D eigenvalue weighted by molar-refractivity contribution is -0.144. The van der Waals surface area contributed by atoms with Gasteiger partial charge in [0, 0.05) is 11.1 Å². The van der Waals surface area contributed by atoms with Gasteiger partial charge in [-0.1, -0.05) is 77.4 Å². The van der Waals surface area contributed by atoms with Gasteiger partial charge in [0.2, 0.25) is 0 Å². The van der Waals surface area contributed by atoms with Crippen LogP contribution in [0.5, 0.6) is 0 Å². The summed E-state index contributed by atoms with van der Waals surface area (Å²) < 4.78 is 10.6. The number of ether oxygens (including phenoxy) is 2. The minimum atomic E-state index is -0.277. The van der Waals surface area contributed by atoms with Gasteiger partial charge in [0.1, 0.15) is 0 Å². The maximum Gasteiger partial charge on any atom is 0.333 e. The predicted octanol–water partition coefficient (Wildman–Crippen LogP) is 7.46. The van der Waals surface area contributed by atoms with Gasteiger partial charge in [0.15, 0.2) is 0 Å². The van der Waals surface area contributed by atoms with Crippen molar-refractivity contribution in [2.45, 2.75) is 130 Å². The standard InChI is InChI=1S/C26H46O4/c1-21(2)25(27)29-23(5)19-17-15-13-11-9-7-8-10-12-14-16-18-20-24(6)30-26(28)22(3)4/h23-24H,1,3,7-20H2,2,4-6H3. The molecule has 4 heteroatoms. The molecule has 0 amide bonds. The zero-order valence-electron chi connectivity index (χ0n) is 20.1. The molecule has 0 heterocycles. The number of carbonyl (C=O) groups excluding carboxylic acids is 2. The summed E-state index contributed by atoms with van der Waals surface area (Å²) in [5.41, 5.74) is 0.941. The number of esters is 2. The maximum atomic E-state index is 11.4. The summed E-state index contributed by atoms with van der Waals surface area (Å²) in [6.07, 6.45) is 17.0. The van der Waals surface area contributed by atoms with E-state index in [-0.39, 0.29) is 24.1 Å². The average Bonchev–Trinajstić information content (AvgIpc) is 2.67. The number of carbonyl (C=O) groups is 2. The Hall–Kier alpha value is -1.58. The van der Waals surface area contributed by atoms with Crippen molar-refractivity contribution in [3.63, 3.8) is 0 Å². The molecule has 2 unspecified atom stereocenters. The third kappa shape index (κ3) is 17.3. The van der Waals surface area contributed by atoms with E-state index in [0.717, 1.165) is 25.7 Å². The Labute approximate surface area is 185 Å². The summed E-state index contributed by atoms with van der Waals surface area (Å²) in [7, 11) is 0. The van der Waals surface area contributed by atoms with Crippen molar-refractivity contribution in [1.82, 2.24) is 0 Å². The minimum Gasteiger partial charge on any atom is -0.459 e. The van der Waals surface area contributed by atoms with Crippen LogP contribution >= 0.6 is 0 Å². The van der Waals surface area contributed by atoms with Crippen LogP contribution in [0, 0.1) is 0 Å². The number of hydrogen-bond donors (Lipinski definition) is 0. The van der Waals surface area contributed by atoms with Crippen LogP contribution in [0.2, 0.25) is 0 Å². The number of unbranched alkanes of at least 4 members (excludes halogenated alkanes) is 11. The lowest BCUT2D eigenvalue weighted by Crippen LogP contribution is -2.15. The first-order valence-corrected chi connectivity index (χ1v) is 12.0. The summed E-state index contributed by atoms with van der Waals surface area (Å²) in [4.78, 5) is 22.9. The van der Waals surface area contributed by atoms with Crippen molar-refractivity contribution in [3.05, 3.63) is 24.3 Å². The average molecular weight is 423 g/mol. The zero-order valence-corrected chi connectivity index (χ0v) is 20.1. The molecule has 0 saturated carbocycles. The molecule has 0 bridgehead atoms. The van der Waals surface area contributed by atoms with Crippen LogP contribution < -0.4 is 0 Å². The van der Waals surface area contributed by atoms with Crippen molar-refractivity contribution >= 4 is 11.9 Å². The third-order valence-corrected chi connectivity index (χ3v) is 5.28. The fraction of sp³-hybridized carbons (Fsp3) is 0.769. The highest BCUT2D eigenvalue weighted by Crippen LogP contribution is 2.15. The molecular weight excluding hydrogens is 376 g/mol. The Balaban J connectivity index is 3.33. The van der Waals surface area contributed by atoms with Crippen molar-refractivity contribution < 1.29 is 19.1 Å². The van der Waals surface area contributed by atoms with Crippen molar-refractivity contribution in [2.75, 3.05) is 0 Å². The summed E-state index contributed by atoms with van der Waals surface area (Å²) in [5, 5.41) is 0. The van der Waals surface area contributed by atoms with Gasteiger partial charge in [-0.15, -0.1) is 0 Å². The van der Waals surface area contributed by atoms with E-state index in [1.807, 2.05) is 13.8 Å². The van der Waals surface area contributed by atoms with Gasteiger partial charge in [-0.05, 0) is 53.4 Å². The quantitative estimate of drug-likeness (QED) is 0.123. The van der Waals surface area contributed by atoms with E-state index in [4.69, 9.17) is 9.47 Å². The van der Waals surface area contributed by atoms with E-state index >= 15 is 0 Å². The Kier molecular flexibility index (Phi) is 17.3. The molecule has 0 aromatic carbocycles. The lowest BCUT2D eigenvalue weighted by atomic mass is 10.0. The molecule has 0 aliphatic carbocycles. The van der Waals surface area contributed by atoms with Gasteiger partial charge in [0.25, 0.3) is 0 Å². The molecule has 30 heavy (non-hydrogen) atoms. The molecule has 0 radical (unpaired) electrons. The second-order valence-corrected chi connectivity index (χ2v) is 8.81. The van der Waals surface area contributed by atoms with Crippen LogP contribution in [-0.2, 0) is 19.1 Å². The van der Waals surface area contributed by atoms with Crippen LogP contribution in [0.15, 0.2) is 24.3 Å². The first kappa shape index (κ1) is 28.4. The molecule has 174 valence electrons. The molecule has 0 aliphatic heterocycles. The van der Waals surface area contributed by atoms with E-state index < -0.39 is 0 Å². The van der Waals surface area contributed by atoms with E-state index in [9.17, 15) is 9.59 Å². The normalized spacial score (nSPS) is 12.8. The van der Waals surface area contributed by atoms with E-state index in [0.29, 0.717) is 11.1 Å². The molecule has 0 rings (SSSR count). The Morgan fingerprint density at radius 1 is 0.567 bits per heavy atom. The SMILES string of the molecule is C=C(C)C(=O)OC(C)CCCCCCCCCCCCCCC(C)OC(=O)C(=C)C. The van der Waals surface area contributed by atoms with Crippen molar-refractivity contribution in [1.29, 1.82) is 0 Å². The van der Waals surface area contributed by atoms with Gasteiger partial charge < -0.3 is 9.47 Å². The highest BCUT2D eigenvalue weighted by molar-refractivity contribution is 5.87. The van der Waals surface area contributed by atoms with Crippen LogP contribution in [0.4, 0.5) is 0 Å². The van der Waals surface area contributed by atoms with Crippen LogP contribution in [0.25, 0.3) is 0 Å². The minimum absolute atomic E-state index is 0.0104. The molecule has 0 spiro atoms. The fourth-order valence-corrected chi connectivity index (χ4v) is 3.32. The molecule has 0 aromatic rings. The second-order valence-electron chi connectivity index (χ2n) is 8.81. The topological polar surface area (TPSA) is 52.6 Å². The van der Waals surface area contributed by atoms with Gasteiger partial charge >= 0.3 is 11.9 Å². The largest absolute Gasteiger partial charge is 0.459 e. The molecule has 0 N–H and O–H groups in total. The van der Waals surface area contributed by atoms with Crippen LogP contribution in [-0.4, -0.2) is 24.1 Å². The Morgan fingerprint density at radius 3 is 1.03 bits per heavy atom. The molecule has 0 saturated heterocycles. The summed E-state index contributed by atoms with van der Waals surface area (Å²) >= 11 is 0. The monoisotopic (exact) mass is 422 g/mol. The van der Waals surface area contributed by atoms with Gasteiger partial charge in [-0.25, -0.2) is 9.59 Å². The second kappa shape index (κ2) is 18.2. The smallest absolute Gasteiger partial charge is 0.333 e. The first-order chi connectivity index (χ1) is 14.2. The van der Waals surface area contributed by atoms with E-state index in [1.165, 1.54) is 64.2 Å². The molecular formula is C26H46O4. The van der Waals surface area contributed by atoms with Gasteiger partial charge in [-0.2, -0.15) is 0 Å². The number of rotatable bonds is 19. The molecule has 0 fully saturated rings. The van der Waals surface area contributed by atoms with Crippen LogP contribution in [0.3, 0.4) is 0 Å². The van der Waals surface area contributed by atoms with Gasteiger partial charge in [0.05, 0.1) is 12.2 Å². The Morgan fingerprint density at radius 2 is 0.800 bits per heavy atom. The maximum absolute atomic E-state index is 11.4. The Bertz CT molecular complexity index is 463. The fourth-order valence-electron chi connectivity index (χ4n) is 3.32. The summed E-state index contributed by atoms with van der Waals surface area (Å²) in [5.74, 6) is -0.553. The summed E-state index contributed by atoms with van der Waals surface area (Å²) in [6, 6.07) is 0. The van der Waals surface area contributed by atoms with E-state index in [2.05, 4.69) is 13.2 Å². The van der Waals surface area contributed by atoms with E-state index in [1.54, 1.807) is 13.8 Å². The first-order valence-electron chi connectivity index (χ1n) is 12.0. The zero-order chi connectivity index (χ0) is 22.8. The van der Waals surface area contributed by atoms with Crippen molar-refractivity contribution in [3.8, 4) is 0 Å². The molecule has 0 aromatic heterocycles.